The van der Waals surface area contributed by atoms with Gasteiger partial charge in [-0.1, -0.05) is 38.5 Å². The van der Waals surface area contributed by atoms with Crippen molar-refractivity contribution in [3.8, 4) is 0 Å². The molecule has 2 aliphatic rings. The van der Waals surface area contributed by atoms with Crippen LogP contribution >= 0.6 is 0 Å². The minimum atomic E-state index is -0.607. The van der Waals surface area contributed by atoms with Crippen molar-refractivity contribution in [3.05, 3.63) is 0 Å². The number of alkyl carbamates (subject to hydrolysis) is 1. The first kappa shape index (κ1) is 20.5. The van der Waals surface area contributed by atoms with Gasteiger partial charge in [0, 0.05) is 6.04 Å². The van der Waals surface area contributed by atoms with E-state index >= 15 is 0 Å². The quantitative estimate of drug-likeness (QED) is 0.512. The van der Waals surface area contributed by atoms with Gasteiger partial charge in [-0.25, -0.2) is 14.6 Å². The van der Waals surface area contributed by atoms with E-state index in [0.717, 1.165) is 51.4 Å². The molecule has 3 N–H and O–H groups in total. The lowest BCUT2D eigenvalue weighted by atomic mass is 9.96. The molecule has 0 radical (unpaired) electrons. The molecule has 0 unspecified atom stereocenters. The van der Waals surface area contributed by atoms with Gasteiger partial charge in [0.1, 0.15) is 5.60 Å². The monoisotopic (exact) mass is 366 g/mol. The fourth-order valence-corrected chi connectivity index (χ4v) is 3.46. The predicted molar refractivity (Wildman–Crippen MR) is 102 cm³/mol. The van der Waals surface area contributed by atoms with E-state index in [1.807, 2.05) is 0 Å². The molecule has 0 bridgehead atoms. The van der Waals surface area contributed by atoms with E-state index in [9.17, 15) is 9.59 Å². The fraction of sp³-hybridized carbons (Fsp3) is 0.842. The molecule has 0 atom stereocenters. The van der Waals surface area contributed by atoms with Gasteiger partial charge in [-0.3, -0.25) is 10.6 Å². The number of urea groups is 1. The van der Waals surface area contributed by atoms with Gasteiger partial charge in [0.25, 0.3) is 0 Å². The van der Waals surface area contributed by atoms with Gasteiger partial charge in [0.05, 0.1) is 6.04 Å². The summed E-state index contributed by atoms with van der Waals surface area (Å²) in [4.78, 5) is 29.0. The molecule has 0 saturated heterocycles. The first-order valence-electron chi connectivity index (χ1n) is 9.97. The first-order valence-corrected chi connectivity index (χ1v) is 9.97. The molecule has 3 amide bonds. The van der Waals surface area contributed by atoms with Gasteiger partial charge in [-0.2, -0.15) is 0 Å². The van der Waals surface area contributed by atoms with Crippen LogP contribution in [-0.4, -0.2) is 35.8 Å². The second-order valence-corrected chi connectivity index (χ2v) is 8.33. The molecule has 0 aromatic carbocycles. The Hall–Kier alpha value is -1.79. The Kier molecular flexibility index (Phi) is 7.72. The summed E-state index contributed by atoms with van der Waals surface area (Å²) in [5.41, 5.74) is -0.607. The molecule has 0 aromatic heterocycles. The summed E-state index contributed by atoms with van der Waals surface area (Å²) in [5, 5.41) is 8.31. The number of rotatable bonds is 2. The van der Waals surface area contributed by atoms with Crippen LogP contribution in [-0.2, 0) is 4.74 Å². The number of aliphatic imine (C=N–C) groups is 1. The molecule has 2 rings (SSSR count). The van der Waals surface area contributed by atoms with Crippen LogP contribution in [0, 0.1) is 0 Å². The number of guanidine groups is 1. The molecule has 2 aliphatic carbocycles. The minimum Gasteiger partial charge on any atom is -0.444 e. The number of hydrogen-bond acceptors (Lipinski definition) is 4. The second-order valence-electron chi connectivity index (χ2n) is 8.33. The molecule has 2 fully saturated rings. The average Bonchev–Trinajstić information content (AvgIpc) is 2.54. The average molecular weight is 367 g/mol. The molecular weight excluding hydrogens is 332 g/mol. The number of nitrogens with one attached hydrogen (secondary N) is 3. The SMILES string of the molecule is CC(C)(C)OC(=O)NC(=NC1CCCCC1)NC(=O)NC1CCCCC1. The van der Waals surface area contributed by atoms with Crippen LogP contribution in [0.4, 0.5) is 9.59 Å². The normalized spacial score (nSPS) is 20.3. The summed E-state index contributed by atoms with van der Waals surface area (Å²) < 4.78 is 5.29. The number of ether oxygens (including phenoxy) is 1. The minimum absolute atomic E-state index is 0.128. The number of carbonyl (C=O) groups is 2. The number of nitrogens with zero attached hydrogens (tertiary/aromatic N) is 1. The number of hydrogen-bond donors (Lipinski definition) is 3. The Morgan fingerprint density at radius 2 is 1.46 bits per heavy atom. The summed E-state index contributed by atoms with van der Waals surface area (Å²) >= 11 is 0. The Morgan fingerprint density at radius 3 is 2.04 bits per heavy atom. The summed E-state index contributed by atoms with van der Waals surface area (Å²) in [6.07, 6.45) is 10.3. The highest BCUT2D eigenvalue weighted by atomic mass is 16.6. The van der Waals surface area contributed by atoms with Gasteiger partial charge < -0.3 is 10.1 Å². The van der Waals surface area contributed by atoms with Crippen molar-refractivity contribution in [2.24, 2.45) is 4.99 Å². The highest BCUT2D eigenvalue weighted by Gasteiger charge is 2.21. The van der Waals surface area contributed by atoms with Gasteiger partial charge >= 0.3 is 12.1 Å². The summed E-state index contributed by atoms with van der Waals surface area (Å²) in [7, 11) is 0. The maximum Gasteiger partial charge on any atom is 0.414 e. The molecule has 0 spiro atoms. The molecule has 0 aliphatic heterocycles. The summed E-state index contributed by atoms with van der Waals surface area (Å²) in [5.74, 6) is 0.180. The van der Waals surface area contributed by atoms with Crippen LogP contribution in [0.1, 0.15) is 85.0 Å². The summed E-state index contributed by atoms with van der Waals surface area (Å²) in [6.45, 7) is 5.40. The van der Waals surface area contributed by atoms with Crippen LogP contribution in [0.5, 0.6) is 0 Å². The van der Waals surface area contributed by atoms with E-state index in [0.29, 0.717) is 0 Å². The van der Waals surface area contributed by atoms with E-state index in [4.69, 9.17) is 4.74 Å². The van der Waals surface area contributed by atoms with Crippen molar-refractivity contribution in [2.45, 2.75) is 103 Å². The summed E-state index contributed by atoms with van der Waals surface area (Å²) in [6, 6.07) is 0.00685. The van der Waals surface area contributed by atoms with Gasteiger partial charge in [0.15, 0.2) is 0 Å². The van der Waals surface area contributed by atoms with E-state index in [-0.39, 0.29) is 24.1 Å². The van der Waals surface area contributed by atoms with Gasteiger partial charge in [-0.05, 0) is 46.5 Å². The van der Waals surface area contributed by atoms with Crippen LogP contribution in [0.15, 0.2) is 4.99 Å². The van der Waals surface area contributed by atoms with E-state index in [1.165, 1.54) is 12.8 Å². The zero-order valence-corrected chi connectivity index (χ0v) is 16.4. The molecule has 26 heavy (non-hydrogen) atoms. The highest BCUT2D eigenvalue weighted by molar-refractivity contribution is 6.02. The highest BCUT2D eigenvalue weighted by Crippen LogP contribution is 2.20. The van der Waals surface area contributed by atoms with Crippen molar-refractivity contribution in [1.29, 1.82) is 0 Å². The third-order valence-electron chi connectivity index (χ3n) is 4.68. The van der Waals surface area contributed by atoms with Crippen molar-refractivity contribution < 1.29 is 14.3 Å². The maximum absolute atomic E-state index is 12.3. The Bertz CT molecular complexity index is 501. The molecule has 0 aromatic rings. The van der Waals surface area contributed by atoms with E-state index < -0.39 is 11.7 Å². The maximum atomic E-state index is 12.3. The van der Waals surface area contributed by atoms with E-state index in [2.05, 4.69) is 20.9 Å². The van der Waals surface area contributed by atoms with Gasteiger partial charge in [0.2, 0.25) is 5.96 Å². The molecule has 148 valence electrons. The molecular formula is C19H34N4O3. The topological polar surface area (TPSA) is 91.8 Å². The standard InChI is InChI=1S/C19H34N4O3/c1-19(2,3)26-18(25)23-16(20-14-10-6-4-7-11-14)22-17(24)21-15-12-8-5-9-13-15/h14-15H,4-13H2,1-3H3,(H3,20,21,22,23,24,25). The zero-order valence-electron chi connectivity index (χ0n) is 16.4. The zero-order chi connectivity index (χ0) is 19.0. The lowest BCUT2D eigenvalue weighted by Crippen LogP contribution is -2.51. The fourth-order valence-electron chi connectivity index (χ4n) is 3.46. The molecule has 2 saturated carbocycles. The molecule has 7 heteroatoms. The first-order chi connectivity index (χ1) is 12.3. The largest absolute Gasteiger partial charge is 0.444 e. The van der Waals surface area contributed by atoms with Crippen molar-refractivity contribution in [1.82, 2.24) is 16.0 Å². The number of amides is 3. The van der Waals surface area contributed by atoms with Crippen LogP contribution in [0.3, 0.4) is 0 Å². The lowest BCUT2D eigenvalue weighted by molar-refractivity contribution is 0.0561. The Labute approximate surface area is 156 Å². The predicted octanol–water partition coefficient (Wildman–Crippen LogP) is 3.83. The van der Waals surface area contributed by atoms with Crippen molar-refractivity contribution in [3.63, 3.8) is 0 Å². The Balaban J connectivity index is 1.95. The number of carbonyl (C=O) groups excluding carboxylic acids is 2. The van der Waals surface area contributed by atoms with Crippen LogP contribution in [0.2, 0.25) is 0 Å². The van der Waals surface area contributed by atoms with Crippen LogP contribution in [0.25, 0.3) is 0 Å². The third kappa shape index (κ3) is 8.06. The van der Waals surface area contributed by atoms with E-state index in [1.54, 1.807) is 20.8 Å². The third-order valence-corrected chi connectivity index (χ3v) is 4.68. The second kappa shape index (κ2) is 9.78. The van der Waals surface area contributed by atoms with Gasteiger partial charge in [-0.15, -0.1) is 0 Å². The Morgan fingerprint density at radius 1 is 0.885 bits per heavy atom. The molecule has 0 heterocycles. The smallest absolute Gasteiger partial charge is 0.414 e. The lowest BCUT2D eigenvalue weighted by Gasteiger charge is -2.24. The molecule has 7 nitrogen and oxygen atoms in total. The van der Waals surface area contributed by atoms with Crippen molar-refractivity contribution in [2.75, 3.05) is 0 Å². The van der Waals surface area contributed by atoms with Crippen molar-refractivity contribution >= 4 is 18.1 Å². The van der Waals surface area contributed by atoms with Crippen LogP contribution < -0.4 is 16.0 Å².